The number of aromatic nitrogens is 2. The highest BCUT2D eigenvalue weighted by molar-refractivity contribution is 7.80. The SMILES string of the molecule is CCCCCCCCCCCCNC(=S)N(CCCn1ccnc1)CC1CC=CCC1. The number of hydrogen-bond donors (Lipinski definition) is 1. The van der Waals surface area contributed by atoms with Crippen LogP contribution in [0.1, 0.15) is 96.8 Å². The third-order valence-electron chi connectivity index (χ3n) is 6.35. The molecule has 1 atom stereocenters. The molecule has 0 aromatic carbocycles. The molecule has 0 saturated heterocycles. The van der Waals surface area contributed by atoms with Crippen LogP contribution in [0.4, 0.5) is 0 Å². The molecular formula is C26H46N4S. The number of nitrogens with one attached hydrogen (secondary N) is 1. The first-order valence-electron chi connectivity index (χ1n) is 12.9. The summed E-state index contributed by atoms with van der Waals surface area (Å²) in [6.45, 7) is 6.40. The van der Waals surface area contributed by atoms with Gasteiger partial charge in [-0.2, -0.15) is 0 Å². The van der Waals surface area contributed by atoms with Crippen molar-refractivity contribution in [2.75, 3.05) is 19.6 Å². The number of allylic oxidation sites excluding steroid dienone is 2. The predicted molar refractivity (Wildman–Crippen MR) is 137 cm³/mol. The van der Waals surface area contributed by atoms with Crippen LogP contribution in [0.5, 0.6) is 0 Å². The van der Waals surface area contributed by atoms with Gasteiger partial charge in [0.1, 0.15) is 0 Å². The minimum absolute atomic E-state index is 0.732. The predicted octanol–water partition coefficient (Wildman–Crippen LogP) is 6.73. The third kappa shape index (κ3) is 12.3. The average molecular weight is 447 g/mol. The molecule has 0 aliphatic heterocycles. The van der Waals surface area contributed by atoms with Gasteiger partial charge in [0.05, 0.1) is 6.33 Å². The summed E-state index contributed by atoms with van der Waals surface area (Å²) in [6, 6.07) is 0. The van der Waals surface area contributed by atoms with Crippen molar-refractivity contribution in [1.29, 1.82) is 0 Å². The monoisotopic (exact) mass is 446 g/mol. The molecule has 5 heteroatoms. The summed E-state index contributed by atoms with van der Waals surface area (Å²) < 4.78 is 2.15. The van der Waals surface area contributed by atoms with Crippen LogP contribution in [-0.4, -0.2) is 39.2 Å². The van der Waals surface area contributed by atoms with E-state index in [2.05, 4.69) is 38.8 Å². The fourth-order valence-corrected chi connectivity index (χ4v) is 4.66. The maximum Gasteiger partial charge on any atom is 0.168 e. The van der Waals surface area contributed by atoms with Crippen molar-refractivity contribution in [3.05, 3.63) is 30.9 Å². The molecule has 1 N–H and O–H groups in total. The van der Waals surface area contributed by atoms with E-state index >= 15 is 0 Å². The summed E-state index contributed by atoms with van der Waals surface area (Å²) in [4.78, 5) is 6.57. The van der Waals surface area contributed by atoms with Crippen LogP contribution in [0.2, 0.25) is 0 Å². The second-order valence-electron chi connectivity index (χ2n) is 9.16. The van der Waals surface area contributed by atoms with Gasteiger partial charge in [-0.3, -0.25) is 0 Å². The molecule has 1 unspecified atom stereocenters. The molecule has 1 aromatic heterocycles. The molecule has 1 aliphatic rings. The first kappa shape index (κ1) is 25.9. The molecule has 4 nitrogen and oxygen atoms in total. The maximum absolute atomic E-state index is 5.81. The minimum Gasteiger partial charge on any atom is -0.363 e. The van der Waals surface area contributed by atoms with Gasteiger partial charge in [-0.05, 0) is 50.2 Å². The number of aryl methyl sites for hydroxylation is 1. The van der Waals surface area contributed by atoms with Crippen LogP contribution in [-0.2, 0) is 6.54 Å². The summed E-state index contributed by atoms with van der Waals surface area (Å²) in [5.74, 6) is 0.732. The van der Waals surface area contributed by atoms with E-state index in [-0.39, 0.29) is 0 Å². The van der Waals surface area contributed by atoms with Crippen LogP contribution in [0.3, 0.4) is 0 Å². The smallest absolute Gasteiger partial charge is 0.168 e. The van der Waals surface area contributed by atoms with Crippen LogP contribution >= 0.6 is 12.2 Å². The van der Waals surface area contributed by atoms with Crippen molar-refractivity contribution >= 4 is 17.3 Å². The number of rotatable bonds is 17. The molecule has 2 rings (SSSR count). The largest absolute Gasteiger partial charge is 0.363 e. The first-order valence-corrected chi connectivity index (χ1v) is 13.3. The van der Waals surface area contributed by atoms with E-state index < -0.39 is 0 Å². The summed E-state index contributed by atoms with van der Waals surface area (Å²) in [5, 5.41) is 4.52. The Morgan fingerprint density at radius 3 is 2.42 bits per heavy atom. The average Bonchev–Trinajstić information content (AvgIpc) is 3.31. The van der Waals surface area contributed by atoms with Crippen LogP contribution < -0.4 is 5.32 Å². The zero-order valence-electron chi connectivity index (χ0n) is 19.9. The Balaban J connectivity index is 1.59. The number of imidazole rings is 1. The van der Waals surface area contributed by atoms with Gasteiger partial charge in [-0.15, -0.1) is 0 Å². The molecule has 31 heavy (non-hydrogen) atoms. The highest BCUT2D eigenvalue weighted by Crippen LogP contribution is 2.19. The minimum atomic E-state index is 0.732. The Bertz CT molecular complexity index is 584. The molecule has 0 spiro atoms. The van der Waals surface area contributed by atoms with Gasteiger partial charge in [-0.1, -0.05) is 76.9 Å². The van der Waals surface area contributed by atoms with Gasteiger partial charge in [-0.25, -0.2) is 4.98 Å². The van der Waals surface area contributed by atoms with Crippen molar-refractivity contribution in [2.24, 2.45) is 5.92 Å². The van der Waals surface area contributed by atoms with Gasteiger partial charge < -0.3 is 14.8 Å². The van der Waals surface area contributed by atoms with Crippen molar-refractivity contribution in [2.45, 2.75) is 103 Å². The second kappa shape index (κ2) is 17.2. The molecule has 0 fully saturated rings. The molecule has 0 bridgehead atoms. The van der Waals surface area contributed by atoms with E-state index in [0.717, 1.165) is 43.6 Å². The van der Waals surface area contributed by atoms with E-state index in [9.17, 15) is 0 Å². The Kier molecular flexibility index (Phi) is 14.4. The molecule has 176 valence electrons. The van der Waals surface area contributed by atoms with E-state index in [4.69, 9.17) is 12.2 Å². The zero-order valence-corrected chi connectivity index (χ0v) is 20.8. The Morgan fingerprint density at radius 1 is 1.03 bits per heavy atom. The molecule has 1 heterocycles. The highest BCUT2D eigenvalue weighted by Gasteiger charge is 2.17. The summed E-state index contributed by atoms with van der Waals surface area (Å²) in [6.07, 6.45) is 29.0. The standard InChI is InChI=1S/C26H46N4S/c1-2-3-4-5-6-7-8-9-10-14-18-28-26(31)30(23-25-16-12-11-13-17-25)21-15-20-29-22-19-27-24-29/h11-12,19,22,24-25H,2-10,13-18,20-21,23H2,1H3,(H,28,31). The van der Waals surface area contributed by atoms with Crippen molar-refractivity contribution in [1.82, 2.24) is 19.8 Å². The molecule has 1 aromatic rings. The fourth-order valence-electron chi connectivity index (χ4n) is 4.39. The number of unbranched alkanes of at least 4 members (excludes halogenated alkanes) is 9. The van der Waals surface area contributed by atoms with E-state index in [1.807, 2.05) is 18.7 Å². The van der Waals surface area contributed by atoms with Crippen LogP contribution in [0, 0.1) is 5.92 Å². The Morgan fingerprint density at radius 2 is 1.77 bits per heavy atom. The molecular weight excluding hydrogens is 400 g/mol. The summed E-state index contributed by atoms with van der Waals surface area (Å²) in [7, 11) is 0. The lowest BCUT2D eigenvalue weighted by Gasteiger charge is -2.30. The highest BCUT2D eigenvalue weighted by atomic mass is 32.1. The van der Waals surface area contributed by atoms with E-state index in [1.54, 1.807) is 0 Å². The molecule has 1 aliphatic carbocycles. The van der Waals surface area contributed by atoms with Gasteiger partial charge in [0.25, 0.3) is 0 Å². The second-order valence-corrected chi connectivity index (χ2v) is 9.55. The molecule has 0 radical (unpaired) electrons. The number of nitrogens with zero attached hydrogens (tertiary/aromatic N) is 3. The van der Waals surface area contributed by atoms with Crippen molar-refractivity contribution < 1.29 is 0 Å². The molecule has 0 amide bonds. The maximum atomic E-state index is 5.81. The zero-order chi connectivity index (χ0) is 22.0. The van der Waals surface area contributed by atoms with Gasteiger partial charge in [0.15, 0.2) is 5.11 Å². The third-order valence-corrected chi connectivity index (χ3v) is 6.76. The fraction of sp³-hybridized carbons (Fsp3) is 0.769. The van der Waals surface area contributed by atoms with Gasteiger partial charge in [0, 0.05) is 38.6 Å². The van der Waals surface area contributed by atoms with Crippen molar-refractivity contribution in [3.8, 4) is 0 Å². The summed E-state index contributed by atoms with van der Waals surface area (Å²) in [5.41, 5.74) is 0. The van der Waals surface area contributed by atoms with E-state index in [1.165, 1.54) is 83.5 Å². The van der Waals surface area contributed by atoms with Crippen LogP contribution in [0.15, 0.2) is 30.9 Å². The summed E-state index contributed by atoms with van der Waals surface area (Å²) >= 11 is 5.81. The van der Waals surface area contributed by atoms with Crippen molar-refractivity contribution in [3.63, 3.8) is 0 Å². The number of thiocarbonyl (C=S) groups is 1. The first-order chi connectivity index (χ1) is 15.3. The lowest BCUT2D eigenvalue weighted by atomic mass is 9.94. The lowest BCUT2D eigenvalue weighted by Crippen LogP contribution is -2.43. The number of hydrogen-bond acceptors (Lipinski definition) is 2. The Labute approximate surface area is 196 Å². The van der Waals surface area contributed by atoms with Gasteiger partial charge in [0.2, 0.25) is 0 Å². The topological polar surface area (TPSA) is 33.1 Å². The van der Waals surface area contributed by atoms with E-state index in [0.29, 0.717) is 0 Å². The quantitative estimate of drug-likeness (QED) is 0.163. The van der Waals surface area contributed by atoms with Gasteiger partial charge >= 0.3 is 0 Å². The molecule has 0 saturated carbocycles. The van der Waals surface area contributed by atoms with Crippen LogP contribution in [0.25, 0.3) is 0 Å². The lowest BCUT2D eigenvalue weighted by molar-refractivity contribution is 0.309. The normalized spacial score (nSPS) is 15.8. The Hall–Kier alpha value is -1.36.